The number of aryl methyl sites for hydroxylation is 1. The van der Waals surface area contributed by atoms with Crippen LogP contribution in [-0.2, 0) is 10.2 Å². The van der Waals surface area contributed by atoms with Crippen LogP contribution in [0.15, 0.2) is 59.5 Å². The molecule has 0 spiro atoms. The lowest BCUT2D eigenvalue weighted by Gasteiger charge is -2.38. The molecular formula is C24H27N3O4. The van der Waals surface area contributed by atoms with Gasteiger partial charge in [-0.2, -0.15) is 0 Å². The molecule has 0 unspecified atom stereocenters. The summed E-state index contributed by atoms with van der Waals surface area (Å²) >= 11 is 0. The fourth-order valence-corrected chi connectivity index (χ4v) is 4.16. The second-order valence-electron chi connectivity index (χ2n) is 7.92. The van der Waals surface area contributed by atoms with Crippen molar-refractivity contribution >= 4 is 5.91 Å². The molecule has 1 amide bonds. The van der Waals surface area contributed by atoms with E-state index in [1.165, 1.54) is 5.56 Å². The van der Waals surface area contributed by atoms with E-state index >= 15 is 0 Å². The fraction of sp³-hybridized carbons (Fsp3) is 0.333. The summed E-state index contributed by atoms with van der Waals surface area (Å²) in [4.78, 5) is 27.5. The summed E-state index contributed by atoms with van der Waals surface area (Å²) in [6.45, 7) is 3.72. The van der Waals surface area contributed by atoms with Crippen LogP contribution in [0.4, 0.5) is 0 Å². The highest BCUT2D eigenvalue weighted by Gasteiger charge is 2.35. The normalized spacial score (nSPS) is 15.4. The number of amides is 1. The number of ether oxygens (including phenoxy) is 2. The molecule has 1 saturated heterocycles. The summed E-state index contributed by atoms with van der Waals surface area (Å²) in [5.74, 6) is 0.677. The maximum absolute atomic E-state index is 12.9. The molecule has 31 heavy (non-hydrogen) atoms. The van der Waals surface area contributed by atoms with E-state index < -0.39 is 0 Å². The Balaban J connectivity index is 1.49. The lowest BCUT2D eigenvalue weighted by atomic mass is 9.74. The Labute approximate surface area is 181 Å². The molecule has 0 saturated carbocycles. The molecule has 1 aromatic heterocycles. The zero-order chi connectivity index (χ0) is 21.8. The fourth-order valence-electron chi connectivity index (χ4n) is 4.16. The average Bonchev–Trinajstić information content (AvgIpc) is 3.16. The van der Waals surface area contributed by atoms with Crippen molar-refractivity contribution in [2.45, 2.75) is 25.2 Å². The van der Waals surface area contributed by atoms with Gasteiger partial charge in [-0.15, -0.1) is 0 Å². The van der Waals surface area contributed by atoms with E-state index in [2.05, 4.69) is 22.4 Å². The second-order valence-corrected chi connectivity index (χ2v) is 7.92. The Hall–Kier alpha value is -3.32. The van der Waals surface area contributed by atoms with Gasteiger partial charge in [0, 0.05) is 42.6 Å². The van der Waals surface area contributed by atoms with Gasteiger partial charge < -0.3 is 19.8 Å². The van der Waals surface area contributed by atoms with Crippen LogP contribution in [-0.4, -0.2) is 42.3 Å². The first-order valence-corrected chi connectivity index (χ1v) is 10.4. The number of benzene rings is 2. The summed E-state index contributed by atoms with van der Waals surface area (Å²) < 4.78 is 12.4. The highest BCUT2D eigenvalue weighted by molar-refractivity contribution is 5.94. The third kappa shape index (κ3) is 4.27. The zero-order valence-electron chi connectivity index (χ0n) is 17.8. The molecule has 1 aliphatic heterocycles. The molecule has 2 aromatic carbocycles. The Kier molecular flexibility index (Phi) is 5.95. The zero-order valence-corrected chi connectivity index (χ0v) is 17.8. The van der Waals surface area contributed by atoms with Gasteiger partial charge in [-0.25, -0.2) is 4.79 Å². The molecule has 162 valence electrons. The number of nitrogens with zero attached hydrogens (tertiary/aromatic N) is 1. The average molecular weight is 421 g/mol. The van der Waals surface area contributed by atoms with Crippen LogP contribution < -0.4 is 15.7 Å². The molecule has 0 aliphatic carbocycles. The number of carbonyl (C=O) groups excluding carboxylic acids is 1. The van der Waals surface area contributed by atoms with Crippen molar-refractivity contribution in [3.8, 4) is 11.4 Å². The van der Waals surface area contributed by atoms with Crippen LogP contribution in [0.2, 0.25) is 0 Å². The third-order valence-corrected chi connectivity index (χ3v) is 6.09. The second kappa shape index (κ2) is 8.81. The Morgan fingerprint density at radius 2 is 1.81 bits per heavy atom. The van der Waals surface area contributed by atoms with Crippen molar-refractivity contribution in [1.82, 2.24) is 14.9 Å². The SMILES string of the molecule is COc1ccc(C2(CNC(=O)c3ccc(-n4c(C)c[nH]c4=O)cc3)CCOCC2)cc1. The van der Waals surface area contributed by atoms with E-state index in [4.69, 9.17) is 9.47 Å². The number of rotatable bonds is 6. The maximum Gasteiger partial charge on any atom is 0.330 e. The largest absolute Gasteiger partial charge is 0.497 e. The number of aromatic nitrogens is 2. The van der Waals surface area contributed by atoms with Crippen LogP contribution in [0.1, 0.15) is 34.5 Å². The minimum absolute atomic E-state index is 0.135. The Morgan fingerprint density at radius 1 is 1.13 bits per heavy atom. The van der Waals surface area contributed by atoms with Crippen molar-refractivity contribution in [2.75, 3.05) is 26.9 Å². The molecule has 3 aromatic rings. The standard InChI is InChI=1S/C24H27N3O4/c1-17-15-25-23(29)27(17)20-7-3-18(4-8-20)22(28)26-16-24(11-13-31-14-12-24)19-5-9-21(30-2)10-6-19/h3-10,15H,11-14,16H2,1-2H3,(H,25,29)(H,26,28). The van der Waals surface area contributed by atoms with Gasteiger partial charge in [0.1, 0.15) is 5.75 Å². The van der Waals surface area contributed by atoms with Crippen molar-refractivity contribution in [3.63, 3.8) is 0 Å². The molecule has 0 atom stereocenters. The maximum atomic E-state index is 12.9. The number of hydrogen-bond donors (Lipinski definition) is 2. The van der Waals surface area contributed by atoms with Crippen LogP contribution >= 0.6 is 0 Å². The topological polar surface area (TPSA) is 85.4 Å². The van der Waals surface area contributed by atoms with Crippen molar-refractivity contribution in [1.29, 1.82) is 0 Å². The predicted molar refractivity (Wildman–Crippen MR) is 118 cm³/mol. The first kappa shape index (κ1) is 20.9. The molecule has 4 rings (SSSR count). The third-order valence-electron chi connectivity index (χ3n) is 6.09. The summed E-state index contributed by atoms with van der Waals surface area (Å²) in [5, 5.41) is 3.11. The molecule has 1 fully saturated rings. The van der Waals surface area contributed by atoms with E-state index in [0.29, 0.717) is 25.3 Å². The Bertz CT molecular complexity index is 1090. The number of H-pyrrole nitrogens is 1. The van der Waals surface area contributed by atoms with Crippen LogP contribution in [0.3, 0.4) is 0 Å². The van der Waals surface area contributed by atoms with E-state index in [1.54, 1.807) is 42.1 Å². The first-order chi connectivity index (χ1) is 15.0. The first-order valence-electron chi connectivity index (χ1n) is 10.4. The number of hydrogen-bond acceptors (Lipinski definition) is 4. The minimum atomic E-state index is -0.198. The van der Waals surface area contributed by atoms with Crippen LogP contribution in [0, 0.1) is 6.92 Å². The van der Waals surface area contributed by atoms with Gasteiger partial charge in [-0.05, 0) is 61.7 Å². The lowest BCUT2D eigenvalue weighted by Crippen LogP contribution is -2.44. The summed E-state index contributed by atoms with van der Waals surface area (Å²) in [6, 6.07) is 15.1. The highest BCUT2D eigenvalue weighted by Crippen LogP contribution is 2.35. The van der Waals surface area contributed by atoms with Gasteiger partial charge in [-0.3, -0.25) is 9.36 Å². The van der Waals surface area contributed by atoms with Gasteiger partial charge in [0.15, 0.2) is 0 Å². The monoisotopic (exact) mass is 421 g/mol. The Morgan fingerprint density at radius 3 is 2.39 bits per heavy atom. The van der Waals surface area contributed by atoms with E-state index in [0.717, 1.165) is 30.0 Å². The molecule has 7 heteroatoms. The summed E-state index contributed by atoms with van der Waals surface area (Å²) in [6.07, 6.45) is 3.35. The molecular weight excluding hydrogens is 394 g/mol. The van der Waals surface area contributed by atoms with Gasteiger partial charge in [-0.1, -0.05) is 12.1 Å². The van der Waals surface area contributed by atoms with Crippen LogP contribution in [0.25, 0.3) is 5.69 Å². The summed E-state index contributed by atoms with van der Waals surface area (Å²) in [5.41, 5.74) is 2.89. The highest BCUT2D eigenvalue weighted by atomic mass is 16.5. The van der Waals surface area contributed by atoms with Crippen molar-refractivity contribution < 1.29 is 14.3 Å². The number of imidazole rings is 1. The summed E-state index contributed by atoms with van der Waals surface area (Å²) in [7, 11) is 1.65. The minimum Gasteiger partial charge on any atom is -0.497 e. The number of methoxy groups -OCH3 is 1. The van der Waals surface area contributed by atoms with Gasteiger partial charge >= 0.3 is 5.69 Å². The molecule has 2 heterocycles. The predicted octanol–water partition coefficient (Wildman–Crippen LogP) is 2.96. The van der Waals surface area contributed by atoms with E-state index in [-0.39, 0.29) is 17.0 Å². The number of nitrogens with one attached hydrogen (secondary N) is 2. The van der Waals surface area contributed by atoms with Crippen LogP contribution in [0.5, 0.6) is 5.75 Å². The van der Waals surface area contributed by atoms with Gasteiger partial charge in [0.2, 0.25) is 0 Å². The van der Waals surface area contributed by atoms with E-state index in [9.17, 15) is 9.59 Å². The lowest BCUT2D eigenvalue weighted by molar-refractivity contribution is 0.0487. The molecule has 1 aliphatic rings. The quantitative estimate of drug-likeness (QED) is 0.641. The number of aromatic amines is 1. The van der Waals surface area contributed by atoms with Crippen molar-refractivity contribution in [2.24, 2.45) is 0 Å². The van der Waals surface area contributed by atoms with Crippen molar-refractivity contribution in [3.05, 3.63) is 82.0 Å². The van der Waals surface area contributed by atoms with E-state index in [1.807, 2.05) is 19.1 Å². The molecule has 7 nitrogen and oxygen atoms in total. The molecule has 0 bridgehead atoms. The molecule has 0 radical (unpaired) electrons. The van der Waals surface area contributed by atoms with Gasteiger partial charge in [0.25, 0.3) is 5.91 Å². The van der Waals surface area contributed by atoms with Gasteiger partial charge in [0.05, 0.1) is 12.8 Å². The molecule has 2 N–H and O–H groups in total. The number of carbonyl (C=O) groups is 1. The smallest absolute Gasteiger partial charge is 0.330 e.